The second-order valence-electron chi connectivity index (χ2n) is 7.66. The van der Waals surface area contributed by atoms with Crippen molar-refractivity contribution >= 4 is 17.5 Å². The molecule has 0 aromatic heterocycles. The molecule has 2 amide bonds. The molecule has 1 aliphatic rings. The van der Waals surface area contributed by atoms with E-state index in [4.69, 9.17) is 9.47 Å². The van der Waals surface area contributed by atoms with E-state index in [0.29, 0.717) is 11.5 Å². The van der Waals surface area contributed by atoms with Crippen molar-refractivity contribution in [3.8, 4) is 11.5 Å². The van der Waals surface area contributed by atoms with Gasteiger partial charge in [-0.15, -0.1) is 0 Å². The molecule has 0 bridgehead atoms. The van der Waals surface area contributed by atoms with Crippen LogP contribution in [0.5, 0.6) is 11.5 Å². The number of anilines is 1. The van der Waals surface area contributed by atoms with Crippen molar-refractivity contribution in [1.82, 2.24) is 5.32 Å². The number of rotatable bonds is 6. The Morgan fingerprint density at radius 2 is 1.75 bits per heavy atom. The van der Waals surface area contributed by atoms with Gasteiger partial charge in [-0.25, -0.2) is 0 Å². The van der Waals surface area contributed by atoms with Gasteiger partial charge in [0, 0.05) is 17.7 Å². The summed E-state index contributed by atoms with van der Waals surface area (Å²) < 4.78 is 11.5. The third kappa shape index (κ3) is 4.63. The first-order valence-corrected chi connectivity index (χ1v) is 9.32. The predicted octanol–water partition coefficient (Wildman–Crippen LogP) is 3.15. The second-order valence-corrected chi connectivity index (χ2v) is 7.66. The second kappa shape index (κ2) is 7.92. The van der Waals surface area contributed by atoms with E-state index >= 15 is 0 Å². The lowest BCUT2D eigenvalue weighted by Gasteiger charge is -2.18. The maximum atomic E-state index is 12.1. The molecule has 1 heterocycles. The van der Waals surface area contributed by atoms with Crippen molar-refractivity contribution in [2.45, 2.75) is 39.7 Å². The molecule has 0 unspecified atom stereocenters. The van der Waals surface area contributed by atoms with E-state index in [0.717, 1.165) is 28.8 Å². The van der Waals surface area contributed by atoms with E-state index < -0.39 is 0 Å². The van der Waals surface area contributed by atoms with Crippen LogP contribution in [-0.4, -0.2) is 30.6 Å². The number of para-hydroxylation sites is 2. The minimum Gasteiger partial charge on any atom is -0.483 e. The van der Waals surface area contributed by atoms with E-state index in [1.807, 2.05) is 58.0 Å². The first kappa shape index (κ1) is 19.7. The number of nitrogens with one attached hydrogen (secondary N) is 2. The number of carbonyl (C=O) groups is 2. The van der Waals surface area contributed by atoms with Crippen LogP contribution in [0.3, 0.4) is 0 Å². The Balaban J connectivity index is 1.50. The molecule has 6 nitrogen and oxygen atoms in total. The summed E-state index contributed by atoms with van der Waals surface area (Å²) in [6, 6.07) is 11.4. The highest BCUT2D eigenvalue weighted by Gasteiger charge is 2.32. The lowest BCUT2D eigenvalue weighted by atomic mass is 10.0. The highest BCUT2D eigenvalue weighted by molar-refractivity contribution is 5.95. The zero-order chi connectivity index (χ0) is 20.3. The number of ether oxygens (including phenoxy) is 2. The number of benzene rings is 2. The fourth-order valence-corrected chi connectivity index (χ4v) is 3.27. The third-order valence-electron chi connectivity index (χ3n) is 4.61. The van der Waals surface area contributed by atoms with Gasteiger partial charge >= 0.3 is 0 Å². The van der Waals surface area contributed by atoms with Gasteiger partial charge in [0.15, 0.2) is 18.1 Å². The molecule has 0 fully saturated rings. The molecule has 0 saturated carbocycles. The molecule has 0 atom stereocenters. The Kier molecular flexibility index (Phi) is 5.58. The molecule has 0 aliphatic carbocycles. The summed E-state index contributed by atoms with van der Waals surface area (Å²) in [4.78, 5) is 24.2. The Hall–Kier alpha value is -3.02. The molecule has 148 valence electrons. The van der Waals surface area contributed by atoms with Crippen LogP contribution in [0.25, 0.3) is 0 Å². The van der Waals surface area contributed by atoms with Gasteiger partial charge in [-0.1, -0.05) is 30.3 Å². The maximum absolute atomic E-state index is 12.1. The topological polar surface area (TPSA) is 76.7 Å². The number of fused-ring (bicyclic) bond motifs is 1. The number of carbonyl (C=O) groups excluding carboxylic acids is 2. The van der Waals surface area contributed by atoms with Crippen LogP contribution in [0.4, 0.5) is 5.69 Å². The molecule has 1 aliphatic heterocycles. The van der Waals surface area contributed by atoms with Crippen molar-refractivity contribution in [3.63, 3.8) is 0 Å². The van der Waals surface area contributed by atoms with Gasteiger partial charge in [0.05, 0.1) is 6.54 Å². The fraction of sp³-hybridized carbons (Fsp3) is 0.364. The first-order chi connectivity index (χ1) is 13.2. The van der Waals surface area contributed by atoms with Gasteiger partial charge in [-0.05, 0) is 44.9 Å². The molecule has 3 rings (SSSR count). The van der Waals surface area contributed by atoms with Crippen LogP contribution in [-0.2, 0) is 16.0 Å². The third-order valence-corrected chi connectivity index (χ3v) is 4.61. The molecule has 0 radical (unpaired) electrons. The molecule has 2 aromatic rings. The molecule has 2 aromatic carbocycles. The van der Waals surface area contributed by atoms with Crippen molar-refractivity contribution in [3.05, 3.63) is 53.1 Å². The largest absolute Gasteiger partial charge is 0.483 e. The van der Waals surface area contributed by atoms with Crippen molar-refractivity contribution < 1.29 is 19.1 Å². The zero-order valence-corrected chi connectivity index (χ0v) is 16.7. The molecular weight excluding hydrogens is 356 g/mol. The van der Waals surface area contributed by atoms with Gasteiger partial charge in [-0.3, -0.25) is 9.59 Å². The first-order valence-electron chi connectivity index (χ1n) is 9.32. The number of hydrogen-bond donors (Lipinski definition) is 2. The molecule has 2 N–H and O–H groups in total. The summed E-state index contributed by atoms with van der Waals surface area (Å²) in [7, 11) is 0. The highest BCUT2D eigenvalue weighted by atomic mass is 16.5. The van der Waals surface area contributed by atoms with Crippen LogP contribution in [0.2, 0.25) is 0 Å². The molecule has 0 spiro atoms. The van der Waals surface area contributed by atoms with E-state index in [1.54, 1.807) is 6.07 Å². The summed E-state index contributed by atoms with van der Waals surface area (Å²) in [5.74, 6) is 0.578. The van der Waals surface area contributed by atoms with Crippen LogP contribution in [0, 0.1) is 13.8 Å². The maximum Gasteiger partial charge on any atom is 0.258 e. The quantitative estimate of drug-likeness (QED) is 0.805. The monoisotopic (exact) mass is 382 g/mol. The lowest BCUT2D eigenvalue weighted by molar-refractivity contribution is -0.125. The van der Waals surface area contributed by atoms with Crippen LogP contribution in [0.1, 0.15) is 30.5 Å². The van der Waals surface area contributed by atoms with E-state index in [9.17, 15) is 9.59 Å². The summed E-state index contributed by atoms with van der Waals surface area (Å²) in [6.07, 6.45) is 0.796. The minimum absolute atomic E-state index is 0.119. The number of hydrogen-bond acceptors (Lipinski definition) is 4. The van der Waals surface area contributed by atoms with E-state index in [2.05, 4.69) is 10.6 Å². The van der Waals surface area contributed by atoms with Crippen molar-refractivity contribution in [1.29, 1.82) is 0 Å². The Bertz CT molecular complexity index is 885. The van der Waals surface area contributed by atoms with Crippen molar-refractivity contribution in [2.24, 2.45) is 0 Å². The summed E-state index contributed by atoms with van der Waals surface area (Å²) in [5, 5.41) is 5.42. The van der Waals surface area contributed by atoms with Crippen LogP contribution in [0.15, 0.2) is 36.4 Å². The van der Waals surface area contributed by atoms with E-state index in [-0.39, 0.29) is 30.6 Å². The van der Waals surface area contributed by atoms with Gasteiger partial charge in [0.2, 0.25) is 5.91 Å². The van der Waals surface area contributed by atoms with Gasteiger partial charge in [-0.2, -0.15) is 0 Å². The highest BCUT2D eigenvalue weighted by Crippen LogP contribution is 2.41. The average Bonchev–Trinajstić information content (AvgIpc) is 2.95. The minimum atomic E-state index is -0.369. The van der Waals surface area contributed by atoms with Gasteiger partial charge < -0.3 is 20.1 Å². The van der Waals surface area contributed by atoms with Crippen LogP contribution < -0.4 is 20.1 Å². The SMILES string of the molecule is Cc1cccc(C)c1NC(=O)CNC(=O)COc1cccc2c1OC(C)(C)C2. The van der Waals surface area contributed by atoms with Gasteiger partial charge in [0.1, 0.15) is 5.60 Å². The number of amides is 2. The predicted molar refractivity (Wildman–Crippen MR) is 108 cm³/mol. The fourth-order valence-electron chi connectivity index (χ4n) is 3.27. The lowest BCUT2D eigenvalue weighted by Crippen LogP contribution is -2.36. The Morgan fingerprint density at radius 3 is 2.46 bits per heavy atom. The number of aryl methyl sites for hydroxylation is 2. The average molecular weight is 382 g/mol. The molecule has 0 saturated heterocycles. The smallest absolute Gasteiger partial charge is 0.258 e. The standard InChI is InChI=1S/C22H26N2O4/c1-14-7-5-8-15(2)20(14)24-18(25)12-23-19(26)13-27-17-10-6-9-16-11-22(3,4)28-21(16)17/h5-10H,11-13H2,1-4H3,(H,23,26)(H,24,25). The molecule has 6 heteroatoms. The Labute approximate surface area is 165 Å². The summed E-state index contributed by atoms with van der Waals surface area (Å²) >= 11 is 0. The zero-order valence-electron chi connectivity index (χ0n) is 16.7. The van der Waals surface area contributed by atoms with E-state index in [1.165, 1.54) is 0 Å². The van der Waals surface area contributed by atoms with Gasteiger partial charge in [0.25, 0.3) is 5.91 Å². The molecule has 28 heavy (non-hydrogen) atoms. The van der Waals surface area contributed by atoms with Crippen molar-refractivity contribution in [2.75, 3.05) is 18.5 Å². The van der Waals surface area contributed by atoms with Crippen LogP contribution >= 0.6 is 0 Å². The normalized spacial score (nSPS) is 14.0. The molecular formula is C22H26N2O4. The summed E-state index contributed by atoms with van der Waals surface area (Å²) in [6.45, 7) is 7.58. The summed E-state index contributed by atoms with van der Waals surface area (Å²) in [5.41, 5.74) is 3.51. The Morgan fingerprint density at radius 1 is 1.07 bits per heavy atom.